The summed E-state index contributed by atoms with van der Waals surface area (Å²) in [5.41, 5.74) is 2.48. The minimum Gasteiger partial charge on any atom is -0.335 e. The zero-order valence-corrected chi connectivity index (χ0v) is 21.3. The first kappa shape index (κ1) is 24.9. The van der Waals surface area contributed by atoms with Gasteiger partial charge in [0.1, 0.15) is 5.69 Å². The van der Waals surface area contributed by atoms with Crippen molar-refractivity contribution in [1.29, 1.82) is 0 Å². The fourth-order valence-corrected chi connectivity index (χ4v) is 4.97. The number of amides is 2. The first-order valence-electron chi connectivity index (χ1n) is 11.9. The van der Waals surface area contributed by atoms with Crippen molar-refractivity contribution in [3.05, 3.63) is 82.3 Å². The van der Waals surface area contributed by atoms with Gasteiger partial charge in [0.15, 0.2) is 0 Å². The van der Waals surface area contributed by atoms with Gasteiger partial charge in [-0.25, -0.2) is 4.68 Å². The van der Waals surface area contributed by atoms with Crippen molar-refractivity contribution in [2.45, 2.75) is 39.3 Å². The molecule has 184 valence electrons. The number of nitrogens with one attached hydrogen (secondary N) is 1. The van der Waals surface area contributed by atoms with E-state index in [1.54, 1.807) is 18.7 Å². The van der Waals surface area contributed by atoms with Crippen LogP contribution in [-0.2, 0) is 23.2 Å². The molecule has 0 radical (unpaired) electrons. The van der Waals surface area contributed by atoms with E-state index in [-0.39, 0.29) is 40.6 Å². The van der Waals surface area contributed by atoms with Crippen LogP contribution in [0.4, 0.5) is 5.69 Å². The summed E-state index contributed by atoms with van der Waals surface area (Å²) in [6.45, 7) is 4.49. The number of carbonyl (C=O) groups is 2. The van der Waals surface area contributed by atoms with Crippen molar-refractivity contribution < 1.29 is 9.59 Å². The third-order valence-electron chi connectivity index (χ3n) is 6.59. The average Bonchev–Trinajstić information content (AvgIpc) is 3.69. The molecule has 1 heterocycles. The Hall–Kier alpha value is -3.26. The molecule has 4 rings (SSSR count). The Morgan fingerprint density at radius 3 is 2.31 bits per heavy atom. The van der Waals surface area contributed by atoms with Crippen molar-refractivity contribution in [2.24, 2.45) is 13.0 Å². The molecule has 0 spiro atoms. The first-order chi connectivity index (χ1) is 16.9. The quantitative estimate of drug-likeness (QED) is 0.464. The molecule has 0 aliphatic heterocycles. The molecular formula is C27H32N4O3S. The molecule has 1 saturated carbocycles. The van der Waals surface area contributed by atoms with Gasteiger partial charge in [-0.05, 0) is 50.3 Å². The number of nitrogens with zero attached hydrogens (tertiary/aromatic N) is 3. The van der Waals surface area contributed by atoms with E-state index >= 15 is 0 Å². The van der Waals surface area contributed by atoms with Crippen LogP contribution in [-0.4, -0.2) is 43.6 Å². The van der Waals surface area contributed by atoms with Gasteiger partial charge in [0.05, 0.1) is 22.9 Å². The van der Waals surface area contributed by atoms with Crippen molar-refractivity contribution in [1.82, 2.24) is 14.3 Å². The summed E-state index contributed by atoms with van der Waals surface area (Å²) in [7, 11) is 1.79. The molecule has 0 saturated heterocycles. The molecular weight excluding hydrogens is 460 g/mol. The maximum absolute atomic E-state index is 13.1. The van der Waals surface area contributed by atoms with Crippen LogP contribution < -0.4 is 10.9 Å². The van der Waals surface area contributed by atoms with Gasteiger partial charge >= 0.3 is 0 Å². The molecule has 1 fully saturated rings. The zero-order chi connectivity index (χ0) is 24.9. The SMILES string of the molecule is Cc1c(NC(=O)CSCC(=O)N(Cc2ccccc2)C(C)C2CC2)c(=O)n(-c2ccccc2)n1C. The Morgan fingerprint density at radius 1 is 1.06 bits per heavy atom. The van der Waals surface area contributed by atoms with Crippen LogP contribution >= 0.6 is 11.8 Å². The molecule has 8 heteroatoms. The highest BCUT2D eigenvalue weighted by Gasteiger charge is 2.34. The smallest absolute Gasteiger partial charge is 0.295 e. The Morgan fingerprint density at radius 2 is 1.69 bits per heavy atom. The third-order valence-corrected chi connectivity index (χ3v) is 7.51. The monoisotopic (exact) mass is 492 g/mol. The lowest BCUT2D eigenvalue weighted by Crippen LogP contribution is -2.40. The van der Waals surface area contributed by atoms with Crippen LogP contribution in [0.5, 0.6) is 0 Å². The largest absolute Gasteiger partial charge is 0.335 e. The molecule has 2 amide bonds. The fraction of sp³-hybridized carbons (Fsp3) is 0.370. The van der Waals surface area contributed by atoms with Crippen molar-refractivity contribution in [2.75, 3.05) is 16.8 Å². The molecule has 2 aromatic carbocycles. The summed E-state index contributed by atoms with van der Waals surface area (Å²) in [5, 5.41) is 2.76. The standard InChI is InChI=1S/C27H32N4O3S/c1-19(22-14-15-22)30(16-21-10-6-4-7-11-21)25(33)18-35-17-24(32)28-26-20(2)29(3)31(27(26)34)23-12-8-5-9-13-23/h4-13,19,22H,14-18H2,1-3H3,(H,28,32). The number of anilines is 1. The minimum absolute atomic E-state index is 0.0355. The summed E-state index contributed by atoms with van der Waals surface area (Å²) in [4.78, 5) is 40.7. The summed E-state index contributed by atoms with van der Waals surface area (Å²) < 4.78 is 3.26. The second kappa shape index (κ2) is 11.0. The van der Waals surface area contributed by atoms with E-state index < -0.39 is 0 Å². The van der Waals surface area contributed by atoms with Crippen molar-refractivity contribution in [3.63, 3.8) is 0 Å². The zero-order valence-electron chi connectivity index (χ0n) is 20.4. The number of thioether (sulfide) groups is 1. The normalized spacial score (nSPS) is 13.9. The van der Waals surface area contributed by atoms with E-state index in [2.05, 4.69) is 12.2 Å². The average molecular weight is 493 g/mol. The summed E-state index contributed by atoms with van der Waals surface area (Å²) in [6.07, 6.45) is 2.32. The number of hydrogen-bond acceptors (Lipinski definition) is 4. The number of hydrogen-bond donors (Lipinski definition) is 1. The van der Waals surface area contributed by atoms with E-state index in [0.717, 1.165) is 24.1 Å². The second-order valence-electron chi connectivity index (χ2n) is 9.06. The van der Waals surface area contributed by atoms with Crippen LogP contribution in [0.1, 0.15) is 31.0 Å². The topological polar surface area (TPSA) is 76.3 Å². The van der Waals surface area contributed by atoms with Crippen LogP contribution in [0.15, 0.2) is 65.5 Å². The third kappa shape index (κ3) is 5.88. The molecule has 1 aliphatic carbocycles. The molecule has 1 aliphatic rings. The highest BCUT2D eigenvalue weighted by molar-refractivity contribution is 8.00. The van der Waals surface area contributed by atoms with Crippen LogP contribution in [0.3, 0.4) is 0 Å². The lowest BCUT2D eigenvalue weighted by molar-refractivity contribution is -0.131. The number of para-hydroxylation sites is 1. The van der Waals surface area contributed by atoms with Crippen LogP contribution in [0.2, 0.25) is 0 Å². The fourth-order valence-electron chi connectivity index (χ4n) is 4.27. The van der Waals surface area contributed by atoms with Gasteiger partial charge in [-0.2, -0.15) is 0 Å². The number of rotatable bonds is 10. The Bertz CT molecular complexity index is 1230. The molecule has 0 bridgehead atoms. The van der Waals surface area contributed by atoms with E-state index in [4.69, 9.17) is 0 Å². The molecule has 1 N–H and O–H groups in total. The lowest BCUT2D eigenvalue weighted by Gasteiger charge is -2.29. The summed E-state index contributed by atoms with van der Waals surface area (Å²) in [5.74, 6) is 0.622. The number of benzene rings is 2. The number of aromatic nitrogens is 2. The first-order valence-corrected chi connectivity index (χ1v) is 13.1. The van der Waals surface area contributed by atoms with Crippen molar-refractivity contribution in [3.8, 4) is 5.69 Å². The lowest BCUT2D eigenvalue weighted by atomic mass is 10.1. The summed E-state index contributed by atoms with van der Waals surface area (Å²) in [6, 6.07) is 19.5. The maximum Gasteiger partial charge on any atom is 0.295 e. The van der Waals surface area contributed by atoms with Gasteiger partial charge in [-0.15, -0.1) is 11.8 Å². The molecule has 1 atom stereocenters. The van der Waals surface area contributed by atoms with Gasteiger partial charge in [0, 0.05) is 19.6 Å². The number of carbonyl (C=O) groups excluding carboxylic acids is 2. The van der Waals surface area contributed by atoms with E-state index in [0.29, 0.717) is 18.2 Å². The van der Waals surface area contributed by atoms with E-state index in [9.17, 15) is 14.4 Å². The Labute approximate surface area is 210 Å². The Balaban J connectivity index is 1.36. The van der Waals surface area contributed by atoms with E-state index in [1.165, 1.54) is 16.4 Å². The van der Waals surface area contributed by atoms with Crippen LogP contribution in [0, 0.1) is 12.8 Å². The maximum atomic E-state index is 13.1. The predicted molar refractivity (Wildman–Crippen MR) is 141 cm³/mol. The Kier molecular flexibility index (Phi) is 7.80. The molecule has 1 unspecified atom stereocenters. The second-order valence-corrected chi connectivity index (χ2v) is 10.0. The predicted octanol–water partition coefficient (Wildman–Crippen LogP) is 3.98. The van der Waals surface area contributed by atoms with Crippen molar-refractivity contribution >= 4 is 29.3 Å². The van der Waals surface area contributed by atoms with Gasteiger partial charge in [0.25, 0.3) is 5.56 Å². The summed E-state index contributed by atoms with van der Waals surface area (Å²) >= 11 is 1.28. The van der Waals surface area contributed by atoms with Gasteiger partial charge < -0.3 is 10.2 Å². The molecule has 7 nitrogen and oxygen atoms in total. The van der Waals surface area contributed by atoms with E-state index in [1.807, 2.05) is 65.6 Å². The molecule has 3 aromatic rings. The van der Waals surface area contributed by atoms with Gasteiger partial charge in [-0.3, -0.25) is 19.1 Å². The molecule has 35 heavy (non-hydrogen) atoms. The highest BCUT2D eigenvalue weighted by Crippen LogP contribution is 2.36. The molecule has 1 aromatic heterocycles. The van der Waals surface area contributed by atoms with Gasteiger partial charge in [-0.1, -0.05) is 48.5 Å². The van der Waals surface area contributed by atoms with Crippen LogP contribution in [0.25, 0.3) is 5.69 Å². The minimum atomic E-state index is -0.293. The van der Waals surface area contributed by atoms with Gasteiger partial charge in [0.2, 0.25) is 11.8 Å². The highest BCUT2D eigenvalue weighted by atomic mass is 32.2.